The Balaban J connectivity index is 2.10. The number of aryl methyl sites for hydroxylation is 1. The van der Waals surface area contributed by atoms with E-state index in [9.17, 15) is 0 Å². The van der Waals surface area contributed by atoms with Crippen molar-refractivity contribution in [1.82, 2.24) is 10.3 Å². The topological polar surface area (TPSA) is 38.1 Å². The number of nitrogens with zero attached hydrogens (tertiary/aromatic N) is 1. The molecule has 0 saturated heterocycles. The Labute approximate surface area is 121 Å². The van der Waals surface area contributed by atoms with Crippen LogP contribution in [0.2, 0.25) is 0 Å². The second-order valence-corrected chi connectivity index (χ2v) is 7.31. The van der Waals surface area contributed by atoms with E-state index in [1.165, 1.54) is 0 Å². The van der Waals surface area contributed by atoms with Crippen molar-refractivity contribution in [3.63, 3.8) is 0 Å². The van der Waals surface area contributed by atoms with Gasteiger partial charge in [0.2, 0.25) is 0 Å². The molecular weight excluding hydrogens is 368 g/mol. The zero-order chi connectivity index (χ0) is 12.3. The van der Waals surface area contributed by atoms with Gasteiger partial charge in [-0.2, -0.15) is 0 Å². The molecule has 0 bridgehead atoms. The molecule has 0 saturated carbocycles. The second kappa shape index (κ2) is 6.13. The van der Waals surface area contributed by atoms with Crippen molar-refractivity contribution in [2.24, 2.45) is 0 Å². The molecule has 0 amide bonds. The highest BCUT2D eigenvalue weighted by atomic mass is 79.9. The third kappa shape index (κ3) is 3.40. The lowest BCUT2D eigenvalue weighted by molar-refractivity contribution is 0.495. The Hall–Kier alpha value is -0.170. The first-order valence-electron chi connectivity index (χ1n) is 5.25. The summed E-state index contributed by atoms with van der Waals surface area (Å²) < 4.78 is 7.86. The van der Waals surface area contributed by atoms with E-state index in [0.717, 1.165) is 44.2 Å². The van der Waals surface area contributed by atoms with Gasteiger partial charge in [-0.05, 0) is 57.9 Å². The minimum atomic E-state index is 0.796. The molecule has 2 rings (SSSR count). The monoisotopic (exact) mass is 378 g/mol. The van der Waals surface area contributed by atoms with Gasteiger partial charge in [0, 0.05) is 12.0 Å². The summed E-state index contributed by atoms with van der Waals surface area (Å²) in [7, 11) is 1.95. The maximum absolute atomic E-state index is 5.73. The summed E-state index contributed by atoms with van der Waals surface area (Å²) in [5.74, 6) is 1.61. The highest BCUT2D eigenvalue weighted by Crippen LogP contribution is 2.38. The lowest BCUT2D eigenvalue weighted by atomic mass is 10.3. The highest BCUT2D eigenvalue weighted by Gasteiger charge is 2.12. The normalized spacial score (nSPS) is 11.0. The van der Waals surface area contributed by atoms with Crippen LogP contribution in [-0.2, 0) is 6.42 Å². The second-order valence-electron chi connectivity index (χ2n) is 3.56. The summed E-state index contributed by atoms with van der Waals surface area (Å²) in [5, 5.41) is 3.11. The Kier molecular flexibility index (Phi) is 4.78. The molecule has 0 radical (unpaired) electrons. The molecule has 2 aromatic rings. The molecule has 0 fully saturated rings. The molecule has 0 unspecified atom stereocenters. The van der Waals surface area contributed by atoms with Gasteiger partial charge in [0.05, 0.1) is 13.8 Å². The first-order valence-corrected chi connectivity index (χ1v) is 7.65. The SMILES string of the molecule is CNCCCc1ncc(-c2cc(Br)sc2Br)o1. The maximum Gasteiger partial charge on any atom is 0.194 e. The van der Waals surface area contributed by atoms with Gasteiger partial charge in [-0.1, -0.05) is 0 Å². The smallest absolute Gasteiger partial charge is 0.194 e. The van der Waals surface area contributed by atoms with Crippen LogP contribution in [0.4, 0.5) is 0 Å². The summed E-state index contributed by atoms with van der Waals surface area (Å²) in [4.78, 5) is 4.29. The van der Waals surface area contributed by atoms with Crippen LogP contribution in [0.1, 0.15) is 12.3 Å². The zero-order valence-corrected chi connectivity index (χ0v) is 13.3. The Morgan fingerprint density at radius 3 is 2.94 bits per heavy atom. The molecule has 0 aliphatic carbocycles. The quantitative estimate of drug-likeness (QED) is 0.795. The summed E-state index contributed by atoms with van der Waals surface area (Å²) in [6.45, 7) is 0.978. The van der Waals surface area contributed by atoms with Crippen molar-refractivity contribution < 1.29 is 4.42 Å². The number of halogens is 2. The third-order valence-corrected chi connectivity index (χ3v) is 4.63. The zero-order valence-electron chi connectivity index (χ0n) is 9.30. The van der Waals surface area contributed by atoms with Crippen molar-refractivity contribution in [2.75, 3.05) is 13.6 Å². The third-order valence-electron chi connectivity index (χ3n) is 2.29. The largest absolute Gasteiger partial charge is 0.441 e. The minimum absolute atomic E-state index is 0.796. The van der Waals surface area contributed by atoms with Gasteiger partial charge in [-0.3, -0.25) is 0 Å². The predicted octanol–water partition coefficient (Wildman–Crippen LogP) is 4.08. The molecule has 6 heteroatoms. The van der Waals surface area contributed by atoms with E-state index in [0.29, 0.717) is 0 Å². The average Bonchev–Trinajstić information content (AvgIpc) is 2.86. The predicted molar refractivity (Wildman–Crippen MR) is 77.5 cm³/mol. The van der Waals surface area contributed by atoms with Crippen molar-refractivity contribution in [3.05, 3.63) is 25.7 Å². The number of rotatable bonds is 5. The molecule has 3 nitrogen and oxygen atoms in total. The van der Waals surface area contributed by atoms with Gasteiger partial charge in [0.1, 0.15) is 0 Å². The molecule has 2 aromatic heterocycles. The standard InChI is InChI=1S/C11H12Br2N2OS/c1-14-4-2-3-10-15-6-8(16-10)7-5-9(12)17-11(7)13/h5-6,14H,2-4H2,1H3. The number of hydrogen-bond donors (Lipinski definition) is 1. The lowest BCUT2D eigenvalue weighted by Gasteiger charge is -1.95. The molecule has 0 aromatic carbocycles. The van der Waals surface area contributed by atoms with Gasteiger partial charge in [0.25, 0.3) is 0 Å². The maximum atomic E-state index is 5.73. The van der Waals surface area contributed by atoms with E-state index in [1.54, 1.807) is 17.5 Å². The van der Waals surface area contributed by atoms with Gasteiger partial charge >= 0.3 is 0 Å². The van der Waals surface area contributed by atoms with Crippen LogP contribution in [0.5, 0.6) is 0 Å². The molecular formula is C11H12Br2N2OS. The molecule has 1 N–H and O–H groups in total. The van der Waals surface area contributed by atoms with Gasteiger partial charge in [0.15, 0.2) is 11.7 Å². The first kappa shape index (κ1) is 13.3. The van der Waals surface area contributed by atoms with Crippen molar-refractivity contribution >= 4 is 43.2 Å². The van der Waals surface area contributed by atoms with Crippen molar-refractivity contribution in [3.8, 4) is 11.3 Å². The molecule has 0 spiro atoms. The molecule has 2 heterocycles. The van der Waals surface area contributed by atoms with E-state index < -0.39 is 0 Å². The number of thiophene rings is 1. The van der Waals surface area contributed by atoms with E-state index in [2.05, 4.69) is 42.2 Å². The van der Waals surface area contributed by atoms with Crippen molar-refractivity contribution in [2.45, 2.75) is 12.8 Å². The van der Waals surface area contributed by atoms with Gasteiger partial charge < -0.3 is 9.73 Å². The summed E-state index contributed by atoms with van der Waals surface area (Å²) in [6, 6.07) is 2.03. The molecule has 17 heavy (non-hydrogen) atoms. The fourth-order valence-electron chi connectivity index (χ4n) is 1.47. The van der Waals surface area contributed by atoms with Crippen LogP contribution in [0.3, 0.4) is 0 Å². The molecule has 0 aliphatic heterocycles. The van der Waals surface area contributed by atoms with Crippen LogP contribution >= 0.6 is 43.2 Å². The Morgan fingerprint density at radius 1 is 1.47 bits per heavy atom. The lowest BCUT2D eigenvalue weighted by Crippen LogP contribution is -2.08. The number of oxazole rings is 1. The minimum Gasteiger partial charge on any atom is -0.441 e. The highest BCUT2D eigenvalue weighted by molar-refractivity contribution is 9.12. The fraction of sp³-hybridized carbons (Fsp3) is 0.364. The van der Waals surface area contributed by atoms with Crippen LogP contribution in [-0.4, -0.2) is 18.6 Å². The van der Waals surface area contributed by atoms with E-state index in [-0.39, 0.29) is 0 Å². The van der Waals surface area contributed by atoms with E-state index >= 15 is 0 Å². The van der Waals surface area contributed by atoms with E-state index in [1.807, 2.05) is 13.1 Å². The van der Waals surface area contributed by atoms with Gasteiger partial charge in [-0.15, -0.1) is 11.3 Å². The molecule has 92 valence electrons. The Bertz CT molecular complexity index is 495. The van der Waals surface area contributed by atoms with Crippen molar-refractivity contribution in [1.29, 1.82) is 0 Å². The van der Waals surface area contributed by atoms with Crippen LogP contribution in [0.25, 0.3) is 11.3 Å². The fourth-order valence-corrected chi connectivity index (χ4v) is 4.29. The summed E-state index contributed by atoms with van der Waals surface area (Å²) in [6.07, 6.45) is 3.68. The molecule has 0 atom stereocenters. The summed E-state index contributed by atoms with van der Waals surface area (Å²) in [5.41, 5.74) is 1.05. The molecule has 0 aliphatic rings. The van der Waals surface area contributed by atoms with E-state index in [4.69, 9.17) is 4.42 Å². The number of hydrogen-bond acceptors (Lipinski definition) is 4. The van der Waals surface area contributed by atoms with Crippen LogP contribution < -0.4 is 5.32 Å². The van der Waals surface area contributed by atoms with Crippen LogP contribution in [0.15, 0.2) is 24.3 Å². The number of aromatic nitrogens is 1. The Morgan fingerprint density at radius 2 is 2.29 bits per heavy atom. The average molecular weight is 380 g/mol. The van der Waals surface area contributed by atoms with Crippen LogP contribution in [0, 0.1) is 0 Å². The number of nitrogens with one attached hydrogen (secondary N) is 1. The van der Waals surface area contributed by atoms with Gasteiger partial charge in [-0.25, -0.2) is 4.98 Å². The summed E-state index contributed by atoms with van der Waals surface area (Å²) >= 11 is 8.60. The first-order chi connectivity index (χ1) is 8.20.